The van der Waals surface area contributed by atoms with Gasteiger partial charge in [0.2, 0.25) is 5.91 Å². The Kier molecular flexibility index (Phi) is 4.61. The molecule has 0 spiro atoms. The van der Waals surface area contributed by atoms with Crippen molar-refractivity contribution in [2.75, 3.05) is 45.9 Å². The maximum Gasteiger partial charge on any atom is 0.240 e. The van der Waals surface area contributed by atoms with Crippen LogP contribution in [-0.4, -0.2) is 73.2 Å². The highest BCUT2D eigenvalue weighted by molar-refractivity contribution is 5.86. The van der Waals surface area contributed by atoms with Crippen molar-refractivity contribution >= 4 is 5.91 Å². The largest absolute Gasteiger partial charge is 0.379 e. The second-order valence-electron chi connectivity index (χ2n) is 7.93. The second-order valence-corrected chi connectivity index (χ2v) is 7.93. The molecule has 2 saturated carbocycles. The molecule has 4 aliphatic rings. The summed E-state index contributed by atoms with van der Waals surface area (Å²) in [5.74, 6) is 0.949. The molecule has 2 heterocycles. The summed E-state index contributed by atoms with van der Waals surface area (Å²) in [7, 11) is 0. The minimum Gasteiger partial charge on any atom is -0.379 e. The highest BCUT2D eigenvalue weighted by Gasteiger charge is 2.46. The highest BCUT2D eigenvalue weighted by atomic mass is 16.5. The summed E-state index contributed by atoms with van der Waals surface area (Å²) in [5, 5.41) is 3.34. The zero-order valence-electron chi connectivity index (χ0n) is 14.3. The SMILES string of the molecule is O=C(NC[C@@H]1CCN(C2CC2)C1)C1(N2CCOCC2)CCCC1. The molecule has 5 heteroatoms. The number of likely N-dealkylation sites (tertiary alicyclic amines) is 1. The smallest absolute Gasteiger partial charge is 0.240 e. The fourth-order valence-electron chi connectivity index (χ4n) is 4.84. The fraction of sp³-hybridized carbons (Fsp3) is 0.944. The van der Waals surface area contributed by atoms with Gasteiger partial charge in [-0.2, -0.15) is 0 Å². The molecular formula is C18H31N3O2. The van der Waals surface area contributed by atoms with E-state index in [1.54, 1.807) is 0 Å². The Balaban J connectivity index is 1.32. The Bertz CT molecular complexity index is 426. The van der Waals surface area contributed by atoms with Gasteiger partial charge in [-0.25, -0.2) is 0 Å². The maximum atomic E-state index is 13.0. The van der Waals surface area contributed by atoms with E-state index in [2.05, 4.69) is 15.1 Å². The van der Waals surface area contributed by atoms with Crippen molar-refractivity contribution in [3.05, 3.63) is 0 Å². The zero-order chi connectivity index (χ0) is 15.7. The number of carbonyl (C=O) groups is 1. The first-order chi connectivity index (χ1) is 11.3. The van der Waals surface area contributed by atoms with E-state index in [1.807, 2.05) is 0 Å². The number of hydrogen-bond acceptors (Lipinski definition) is 4. The van der Waals surface area contributed by atoms with Gasteiger partial charge in [-0.15, -0.1) is 0 Å². The monoisotopic (exact) mass is 321 g/mol. The van der Waals surface area contributed by atoms with Crippen molar-refractivity contribution in [2.24, 2.45) is 5.92 Å². The molecule has 1 N–H and O–H groups in total. The van der Waals surface area contributed by atoms with E-state index >= 15 is 0 Å². The van der Waals surface area contributed by atoms with Crippen molar-refractivity contribution in [3.8, 4) is 0 Å². The number of hydrogen-bond donors (Lipinski definition) is 1. The summed E-state index contributed by atoms with van der Waals surface area (Å²) >= 11 is 0. The number of nitrogens with zero attached hydrogens (tertiary/aromatic N) is 2. The summed E-state index contributed by atoms with van der Waals surface area (Å²) < 4.78 is 5.49. The predicted molar refractivity (Wildman–Crippen MR) is 89.3 cm³/mol. The zero-order valence-corrected chi connectivity index (χ0v) is 14.3. The number of amides is 1. The molecule has 2 saturated heterocycles. The molecule has 0 radical (unpaired) electrons. The van der Waals surface area contributed by atoms with Crippen LogP contribution in [0, 0.1) is 5.92 Å². The number of nitrogens with one attached hydrogen (secondary N) is 1. The Morgan fingerprint density at radius 3 is 2.52 bits per heavy atom. The van der Waals surface area contributed by atoms with Gasteiger partial charge in [-0.1, -0.05) is 12.8 Å². The lowest BCUT2D eigenvalue weighted by atomic mass is 9.92. The van der Waals surface area contributed by atoms with Gasteiger partial charge >= 0.3 is 0 Å². The Morgan fingerprint density at radius 2 is 1.83 bits per heavy atom. The Morgan fingerprint density at radius 1 is 1.09 bits per heavy atom. The molecule has 5 nitrogen and oxygen atoms in total. The lowest BCUT2D eigenvalue weighted by Crippen LogP contribution is -2.60. The minimum absolute atomic E-state index is 0.238. The quantitative estimate of drug-likeness (QED) is 0.827. The average Bonchev–Trinajstić information content (AvgIpc) is 3.14. The van der Waals surface area contributed by atoms with Crippen LogP contribution < -0.4 is 5.32 Å². The van der Waals surface area contributed by atoms with Crippen LogP contribution in [0.2, 0.25) is 0 Å². The third-order valence-electron chi connectivity index (χ3n) is 6.40. The molecule has 4 rings (SSSR count). The fourth-order valence-corrected chi connectivity index (χ4v) is 4.84. The minimum atomic E-state index is -0.238. The van der Waals surface area contributed by atoms with E-state index in [-0.39, 0.29) is 5.54 Å². The van der Waals surface area contributed by atoms with E-state index in [4.69, 9.17) is 4.74 Å². The Hall–Kier alpha value is -0.650. The van der Waals surface area contributed by atoms with Crippen molar-refractivity contribution in [1.29, 1.82) is 0 Å². The van der Waals surface area contributed by atoms with Crippen LogP contribution >= 0.6 is 0 Å². The number of rotatable bonds is 5. The number of carbonyl (C=O) groups excluding carboxylic acids is 1. The molecule has 1 amide bonds. The predicted octanol–water partition coefficient (Wildman–Crippen LogP) is 1.23. The van der Waals surface area contributed by atoms with Gasteiger partial charge < -0.3 is 15.0 Å². The van der Waals surface area contributed by atoms with Gasteiger partial charge in [0.25, 0.3) is 0 Å². The summed E-state index contributed by atoms with van der Waals surface area (Å²) in [6, 6.07) is 0.866. The van der Waals surface area contributed by atoms with Crippen LogP contribution in [0.4, 0.5) is 0 Å². The summed E-state index contributed by atoms with van der Waals surface area (Å²) in [4.78, 5) is 18.1. The molecular weight excluding hydrogens is 290 g/mol. The molecule has 23 heavy (non-hydrogen) atoms. The molecule has 130 valence electrons. The standard InChI is InChI=1S/C18H31N3O2/c22-17(19-13-15-5-8-20(14-15)16-3-4-16)18(6-1-2-7-18)21-9-11-23-12-10-21/h15-16H,1-14H2,(H,19,22)/t15-/m0/s1. The van der Waals surface area contributed by atoms with Gasteiger partial charge in [0.05, 0.1) is 13.2 Å². The lowest BCUT2D eigenvalue weighted by molar-refractivity contribution is -0.137. The van der Waals surface area contributed by atoms with Crippen LogP contribution in [0.1, 0.15) is 44.9 Å². The Labute approximate surface area is 139 Å². The molecule has 1 atom stereocenters. The molecule has 0 aromatic heterocycles. The van der Waals surface area contributed by atoms with Crippen molar-refractivity contribution in [2.45, 2.75) is 56.5 Å². The highest BCUT2D eigenvalue weighted by Crippen LogP contribution is 2.36. The molecule has 2 aliphatic heterocycles. The van der Waals surface area contributed by atoms with Crippen molar-refractivity contribution in [3.63, 3.8) is 0 Å². The molecule has 0 bridgehead atoms. The summed E-state index contributed by atoms with van der Waals surface area (Å²) in [6.07, 6.45) is 8.45. The van der Waals surface area contributed by atoms with E-state index in [9.17, 15) is 4.79 Å². The van der Waals surface area contributed by atoms with Crippen molar-refractivity contribution < 1.29 is 9.53 Å². The summed E-state index contributed by atoms with van der Waals surface area (Å²) in [5.41, 5.74) is -0.238. The average molecular weight is 321 g/mol. The number of ether oxygens (including phenoxy) is 1. The van der Waals surface area contributed by atoms with E-state index in [0.717, 1.165) is 51.7 Å². The van der Waals surface area contributed by atoms with Crippen molar-refractivity contribution in [1.82, 2.24) is 15.1 Å². The molecule has 2 aliphatic carbocycles. The third kappa shape index (κ3) is 3.28. The molecule has 0 aromatic rings. The van der Waals surface area contributed by atoms with E-state index in [1.165, 1.54) is 45.2 Å². The van der Waals surface area contributed by atoms with Crippen LogP contribution in [-0.2, 0) is 9.53 Å². The van der Waals surface area contributed by atoms with Crippen LogP contribution in [0.5, 0.6) is 0 Å². The van der Waals surface area contributed by atoms with Crippen LogP contribution in [0.3, 0.4) is 0 Å². The van der Waals surface area contributed by atoms with Gasteiger partial charge in [0.1, 0.15) is 5.54 Å². The van der Waals surface area contributed by atoms with Gasteiger partial charge in [0.15, 0.2) is 0 Å². The third-order valence-corrected chi connectivity index (χ3v) is 6.40. The van der Waals surface area contributed by atoms with Crippen LogP contribution in [0.25, 0.3) is 0 Å². The lowest BCUT2D eigenvalue weighted by Gasteiger charge is -2.42. The first-order valence-corrected chi connectivity index (χ1v) is 9.63. The maximum absolute atomic E-state index is 13.0. The normalized spacial score (nSPS) is 32.3. The first-order valence-electron chi connectivity index (χ1n) is 9.63. The molecule has 4 fully saturated rings. The first kappa shape index (κ1) is 15.9. The van der Waals surface area contributed by atoms with E-state index in [0.29, 0.717) is 11.8 Å². The molecule has 0 aromatic carbocycles. The topological polar surface area (TPSA) is 44.8 Å². The van der Waals surface area contributed by atoms with E-state index < -0.39 is 0 Å². The van der Waals surface area contributed by atoms with Gasteiger partial charge in [0, 0.05) is 32.2 Å². The second kappa shape index (κ2) is 6.69. The number of morpholine rings is 1. The van der Waals surface area contributed by atoms with Gasteiger partial charge in [-0.05, 0) is 44.6 Å². The molecule has 0 unspecified atom stereocenters. The van der Waals surface area contributed by atoms with Crippen LogP contribution in [0.15, 0.2) is 0 Å². The summed E-state index contributed by atoms with van der Waals surface area (Å²) in [6.45, 7) is 6.66. The van der Waals surface area contributed by atoms with Gasteiger partial charge in [-0.3, -0.25) is 9.69 Å².